The highest BCUT2D eigenvalue weighted by Gasteiger charge is 2.25. The van der Waals surface area contributed by atoms with Crippen molar-refractivity contribution < 1.29 is 23.4 Å². The second kappa shape index (κ2) is 10.3. The minimum Gasteiger partial charge on any atom is -0.487 e. The van der Waals surface area contributed by atoms with Gasteiger partial charge in [0.05, 0.1) is 37.8 Å². The van der Waals surface area contributed by atoms with Crippen LogP contribution in [0.1, 0.15) is 43.0 Å². The van der Waals surface area contributed by atoms with Gasteiger partial charge in [-0.05, 0) is 50.7 Å². The van der Waals surface area contributed by atoms with Crippen LogP contribution in [0.2, 0.25) is 0 Å². The van der Waals surface area contributed by atoms with Gasteiger partial charge < -0.3 is 14.2 Å². The van der Waals surface area contributed by atoms with E-state index in [4.69, 9.17) is 14.2 Å². The van der Waals surface area contributed by atoms with Crippen molar-refractivity contribution in [3.05, 3.63) is 54.2 Å². The first kappa shape index (κ1) is 23.7. The Hall–Kier alpha value is -4.02. The van der Waals surface area contributed by atoms with Crippen molar-refractivity contribution >= 4 is 17.0 Å². The minimum atomic E-state index is -0.460. The number of fused-ring (bicyclic) bond motifs is 1. The number of ether oxygens (including phenoxy) is 3. The van der Waals surface area contributed by atoms with Gasteiger partial charge in [-0.25, -0.2) is 18.9 Å². The van der Waals surface area contributed by atoms with E-state index in [1.807, 2.05) is 4.68 Å². The number of halogens is 1. The van der Waals surface area contributed by atoms with Gasteiger partial charge in [-0.3, -0.25) is 4.68 Å². The first-order chi connectivity index (χ1) is 17.6. The van der Waals surface area contributed by atoms with Crippen LogP contribution in [0.4, 0.5) is 4.39 Å². The van der Waals surface area contributed by atoms with Gasteiger partial charge in [0.25, 0.3) is 5.95 Å². The average molecular weight is 495 g/mol. The molecule has 36 heavy (non-hydrogen) atoms. The van der Waals surface area contributed by atoms with Crippen LogP contribution in [-0.2, 0) is 11.3 Å². The number of carbonyl (C=O) groups is 1. The van der Waals surface area contributed by atoms with Crippen molar-refractivity contribution in [1.82, 2.24) is 29.5 Å². The van der Waals surface area contributed by atoms with Crippen LogP contribution < -0.4 is 9.47 Å². The maximum Gasteiger partial charge on any atom is 0.341 e. The predicted molar refractivity (Wildman–Crippen MR) is 128 cm³/mol. The van der Waals surface area contributed by atoms with Crippen LogP contribution >= 0.6 is 0 Å². The van der Waals surface area contributed by atoms with E-state index in [0.29, 0.717) is 40.7 Å². The second-order valence-corrected chi connectivity index (χ2v) is 8.68. The topological polar surface area (TPSA) is 106 Å². The van der Waals surface area contributed by atoms with Gasteiger partial charge in [0, 0.05) is 12.7 Å². The largest absolute Gasteiger partial charge is 0.487 e. The maximum absolute atomic E-state index is 13.9. The third-order valence-electron chi connectivity index (χ3n) is 6.29. The van der Waals surface area contributed by atoms with E-state index >= 15 is 0 Å². The summed E-state index contributed by atoms with van der Waals surface area (Å²) in [5, 5.41) is 8.73. The Bertz CT molecular complexity index is 1360. The third kappa shape index (κ3) is 4.86. The van der Waals surface area contributed by atoms with Crippen LogP contribution in [0.3, 0.4) is 0 Å². The molecule has 5 rings (SSSR count). The molecule has 1 aliphatic carbocycles. The van der Waals surface area contributed by atoms with Crippen LogP contribution in [-0.4, -0.2) is 55.3 Å². The molecule has 0 saturated heterocycles. The number of esters is 1. The fourth-order valence-electron chi connectivity index (χ4n) is 4.49. The molecule has 1 saturated carbocycles. The second-order valence-electron chi connectivity index (χ2n) is 8.68. The van der Waals surface area contributed by atoms with Gasteiger partial charge in [0.15, 0.2) is 11.6 Å². The monoisotopic (exact) mass is 494 g/mol. The highest BCUT2D eigenvalue weighted by molar-refractivity contribution is 5.88. The molecular formula is C25H27FN6O4. The number of hydrogen-bond acceptors (Lipinski definition) is 8. The molecule has 1 aromatic carbocycles. The summed E-state index contributed by atoms with van der Waals surface area (Å²) >= 11 is 0. The minimum absolute atomic E-state index is 0.00140. The molecule has 0 amide bonds. The molecule has 0 bridgehead atoms. The predicted octanol–water partition coefficient (Wildman–Crippen LogP) is 3.97. The number of para-hydroxylation sites is 1. The third-order valence-corrected chi connectivity index (χ3v) is 6.29. The Kier molecular flexibility index (Phi) is 6.79. The van der Waals surface area contributed by atoms with E-state index in [-0.39, 0.29) is 24.5 Å². The summed E-state index contributed by atoms with van der Waals surface area (Å²) in [4.78, 5) is 21.0. The Morgan fingerprint density at radius 3 is 2.67 bits per heavy atom. The molecule has 10 nitrogen and oxygen atoms in total. The number of hydrogen-bond donors (Lipinski definition) is 0. The number of aromatic nitrogens is 6. The van der Waals surface area contributed by atoms with E-state index in [0.717, 1.165) is 25.7 Å². The van der Waals surface area contributed by atoms with Crippen molar-refractivity contribution in [1.29, 1.82) is 0 Å². The highest BCUT2D eigenvalue weighted by Crippen LogP contribution is 2.31. The summed E-state index contributed by atoms with van der Waals surface area (Å²) in [5.74, 6) is 0.539. The molecule has 0 aliphatic heterocycles. The normalized spacial score (nSPS) is 17.8. The lowest BCUT2D eigenvalue weighted by Gasteiger charge is -2.29. The molecule has 188 valence electrons. The standard InChI is InChI=1S/C25H27FN6O4/c1-3-35-24(33)17-12-27-32(15-17)25-29-20-13-28-31(22(20)23(30-25)34-2)14-16-8-10-18(11-9-16)36-21-7-5-4-6-19(21)26/h4-7,12-13,15-16,18H,3,8-11,14H2,1-2H3. The molecule has 11 heteroatoms. The van der Waals surface area contributed by atoms with Gasteiger partial charge in [0.2, 0.25) is 5.88 Å². The number of methoxy groups -OCH3 is 1. The van der Waals surface area contributed by atoms with Crippen LogP contribution in [0, 0.1) is 11.7 Å². The smallest absolute Gasteiger partial charge is 0.341 e. The molecule has 0 unspecified atom stereocenters. The van der Waals surface area contributed by atoms with E-state index < -0.39 is 5.97 Å². The summed E-state index contributed by atoms with van der Waals surface area (Å²) in [5.41, 5.74) is 1.62. The molecular weight excluding hydrogens is 467 g/mol. The molecule has 0 spiro atoms. The summed E-state index contributed by atoms with van der Waals surface area (Å²) in [6, 6.07) is 6.51. The fraction of sp³-hybridized carbons (Fsp3) is 0.400. The summed E-state index contributed by atoms with van der Waals surface area (Å²) in [6.07, 6.45) is 8.17. The Morgan fingerprint density at radius 1 is 1.11 bits per heavy atom. The Labute approximate surface area is 207 Å². The zero-order valence-corrected chi connectivity index (χ0v) is 20.1. The zero-order valence-electron chi connectivity index (χ0n) is 20.1. The van der Waals surface area contributed by atoms with Crippen LogP contribution in [0.15, 0.2) is 42.9 Å². The zero-order chi connectivity index (χ0) is 25.1. The molecule has 0 atom stereocenters. The fourth-order valence-corrected chi connectivity index (χ4v) is 4.49. The van der Waals surface area contributed by atoms with Crippen molar-refractivity contribution in [2.24, 2.45) is 5.92 Å². The number of nitrogens with zero attached hydrogens (tertiary/aromatic N) is 6. The molecule has 1 aliphatic rings. The van der Waals surface area contributed by atoms with Gasteiger partial charge in [-0.15, -0.1) is 0 Å². The first-order valence-corrected chi connectivity index (χ1v) is 12.0. The molecule has 3 aromatic heterocycles. The van der Waals surface area contributed by atoms with Crippen LogP contribution in [0.25, 0.3) is 17.0 Å². The van der Waals surface area contributed by atoms with Gasteiger partial charge >= 0.3 is 5.97 Å². The molecule has 3 heterocycles. The van der Waals surface area contributed by atoms with Crippen molar-refractivity contribution in [2.45, 2.75) is 45.3 Å². The highest BCUT2D eigenvalue weighted by atomic mass is 19.1. The SMILES string of the molecule is CCOC(=O)c1cnn(-c2nc(OC)c3c(cnn3CC3CCC(Oc4ccccc4F)CC3)n2)c1. The van der Waals surface area contributed by atoms with Gasteiger partial charge in [-0.2, -0.15) is 15.2 Å². The Morgan fingerprint density at radius 2 is 1.92 bits per heavy atom. The molecule has 4 aromatic rings. The van der Waals surface area contributed by atoms with Crippen LogP contribution in [0.5, 0.6) is 11.6 Å². The quantitative estimate of drug-likeness (QED) is 0.339. The number of rotatable bonds is 8. The van der Waals surface area contributed by atoms with Crippen molar-refractivity contribution in [3.63, 3.8) is 0 Å². The van der Waals surface area contributed by atoms with Gasteiger partial charge in [0.1, 0.15) is 11.0 Å². The van der Waals surface area contributed by atoms with E-state index in [2.05, 4.69) is 20.2 Å². The lowest BCUT2D eigenvalue weighted by molar-refractivity contribution is 0.0526. The molecule has 1 fully saturated rings. The number of benzene rings is 1. The lowest BCUT2D eigenvalue weighted by Crippen LogP contribution is -2.26. The average Bonchev–Trinajstić information content (AvgIpc) is 3.54. The van der Waals surface area contributed by atoms with E-state index in [9.17, 15) is 9.18 Å². The van der Waals surface area contributed by atoms with Crippen molar-refractivity contribution in [2.75, 3.05) is 13.7 Å². The lowest BCUT2D eigenvalue weighted by atomic mass is 9.87. The first-order valence-electron chi connectivity index (χ1n) is 12.0. The van der Waals surface area contributed by atoms with E-state index in [1.54, 1.807) is 38.4 Å². The summed E-state index contributed by atoms with van der Waals surface area (Å²) < 4.78 is 33.7. The number of carbonyl (C=O) groups excluding carboxylic acids is 1. The molecule has 0 N–H and O–H groups in total. The van der Waals surface area contributed by atoms with E-state index in [1.165, 1.54) is 23.1 Å². The van der Waals surface area contributed by atoms with Gasteiger partial charge in [-0.1, -0.05) is 12.1 Å². The maximum atomic E-state index is 13.9. The Balaban J connectivity index is 1.29. The summed E-state index contributed by atoms with van der Waals surface area (Å²) in [7, 11) is 1.54. The molecule has 0 radical (unpaired) electrons. The summed E-state index contributed by atoms with van der Waals surface area (Å²) in [6.45, 7) is 2.71. The van der Waals surface area contributed by atoms with Crippen molar-refractivity contribution in [3.8, 4) is 17.6 Å².